The molecule has 0 aliphatic carbocycles. The monoisotopic (exact) mass is 460 g/mol. The van der Waals surface area contributed by atoms with Crippen molar-refractivity contribution in [3.63, 3.8) is 0 Å². The Hall–Kier alpha value is -3.52. The molecular weight excluding hydrogens is 445 g/mol. The summed E-state index contributed by atoms with van der Waals surface area (Å²) < 4.78 is 48.5. The molecule has 32 heavy (non-hydrogen) atoms. The molecule has 0 unspecified atom stereocenters. The average Bonchev–Trinajstić information content (AvgIpc) is 3.12. The maximum atomic E-state index is 12.6. The molecule has 0 amide bonds. The van der Waals surface area contributed by atoms with Gasteiger partial charge in [-0.25, -0.2) is 9.48 Å². The van der Waals surface area contributed by atoms with Crippen molar-refractivity contribution in [3.8, 4) is 22.6 Å². The van der Waals surface area contributed by atoms with E-state index < -0.39 is 12.3 Å². The van der Waals surface area contributed by atoms with Crippen molar-refractivity contribution in [1.82, 2.24) is 9.78 Å². The SMILES string of the molecule is CCOC(=O)c1nn(-c2cccc(Cl)c2)c2ccc(-c3cccc(OC(F)(F)F)c3)cc12. The summed E-state index contributed by atoms with van der Waals surface area (Å²) in [4.78, 5) is 12.6. The topological polar surface area (TPSA) is 53.3 Å². The van der Waals surface area contributed by atoms with Crippen LogP contribution in [-0.2, 0) is 4.74 Å². The Bertz CT molecular complexity index is 1300. The molecular formula is C23H16ClF3N2O3. The maximum Gasteiger partial charge on any atom is 0.573 e. The Kier molecular flexibility index (Phi) is 5.80. The molecule has 0 bridgehead atoms. The highest BCUT2D eigenvalue weighted by Crippen LogP contribution is 2.32. The molecule has 1 heterocycles. The highest BCUT2D eigenvalue weighted by molar-refractivity contribution is 6.30. The summed E-state index contributed by atoms with van der Waals surface area (Å²) >= 11 is 6.11. The fraction of sp³-hybridized carbons (Fsp3) is 0.130. The number of carbonyl (C=O) groups is 1. The quantitative estimate of drug-likeness (QED) is 0.322. The van der Waals surface area contributed by atoms with Gasteiger partial charge in [-0.05, 0) is 60.5 Å². The smallest absolute Gasteiger partial charge is 0.461 e. The standard InChI is InChI=1S/C23H16ClF3N2O3/c1-2-31-22(30)21-19-12-15(14-5-3-8-18(11-14)32-23(25,26)27)9-10-20(19)29(28-21)17-7-4-6-16(24)13-17/h3-13H,2H2,1H3. The Balaban J connectivity index is 1.85. The first-order valence-corrected chi connectivity index (χ1v) is 9.95. The second-order valence-corrected chi connectivity index (χ2v) is 7.20. The molecule has 5 nitrogen and oxygen atoms in total. The summed E-state index contributed by atoms with van der Waals surface area (Å²) in [5.41, 5.74) is 2.42. The van der Waals surface area contributed by atoms with E-state index in [9.17, 15) is 18.0 Å². The van der Waals surface area contributed by atoms with Gasteiger partial charge in [-0.15, -0.1) is 13.2 Å². The van der Waals surface area contributed by atoms with Crippen LogP contribution in [0.15, 0.2) is 66.7 Å². The Morgan fingerprint density at radius 1 is 1.03 bits per heavy atom. The zero-order valence-corrected chi connectivity index (χ0v) is 17.4. The van der Waals surface area contributed by atoms with Crippen LogP contribution in [0.3, 0.4) is 0 Å². The first-order chi connectivity index (χ1) is 15.2. The lowest BCUT2D eigenvalue weighted by atomic mass is 10.0. The van der Waals surface area contributed by atoms with Gasteiger partial charge in [0.15, 0.2) is 5.69 Å². The number of fused-ring (bicyclic) bond motifs is 1. The van der Waals surface area contributed by atoms with Crippen LogP contribution in [0.25, 0.3) is 27.7 Å². The first-order valence-electron chi connectivity index (χ1n) is 9.57. The van der Waals surface area contributed by atoms with E-state index in [2.05, 4.69) is 9.84 Å². The largest absolute Gasteiger partial charge is 0.573 e. The predicted octanol–water partition coefficient (Wildman–Crippen LogP) is 6.42. The van der Waals surface area contributed by atoms with Crippen molar-refractivity contribution in [2.24, 2.45) is 0 Å². The minimum atomic E-state index is -4.79. The Morgan fingerprint density at radius 3 is 2.50 bits per heavy atom. The van der Waals surface area contributed by atoms with Crippen molar-refractivity contribution >= 4 is 28.5 Å². The van der Waals surface area contributed by atoms with E-state index in [-0.39, 0.29) is 18.1 Å². The Labute approximate surface area is 185 Å². The van der Waals surface area contributed by atoms with Crippen molar-refractivity contribution in [3.05, 3.63) is 77.4 Å². The van der Waals surface area contributed by atoms with Gasteiger partial charge in [0.25, 0.3) is 0 Å². The number of nitrogens with zero attached hydrogens (tertiary/aromatic N) is 2. The van der Waals surface area contributed by atoms with Gasteiger partial charge in [-0.2, -0.15) is 5.10 Å². The molecule has 0 saturated heterocycles. The number of carbonyl (C=O) groups excluding carboxylic acids is 1. The summed E-state index contributed by atoms with van der Waals surface area (Å²) in [7, 11) is 0. The number of hydrogen-bond donors (Lipinski definition) is 0. The fourth-order valence-electron chi connectivity index (χ4n) is 3.33. The third-order valence-electron chi connectivity index (χ3n) is 4.60. The van der Waals surface area contributed by atoms with Crippen LogP contribution in [0.1, 0.15) is 17.4 Å². The molecule has 164 valence electrons. The van der Waals surface area contributed by atoms with Gasteiger partial charge in [0, 0.05) is 10.4 Å². The zero-order chi connectivity index (χ0) is 22.9. The third-order valence-corrected chi connectivity index (χ3v) is 4.84. The number of aromatic nitrogens is 2. The van der Waals surface area contributed by atoms with Crippen LogP contribution in [0.5, 0.6) is 5.75 Å². The van der Waals surface area contributed by atoms with Crippen molar-refractivity contribution in [1.29, 1.82) is 0 Å². The zero-order valence-electron chi connectivity index (χ0n) is 16.7. The van der Waals surface area contributed by atoms with Crippen molar-refractivity contribution in [2.45, 2.75) is 13.3 Å². The number of hydrogen-bond acceptors (Lipinski definition) is 4. The number of ether oxygens (including phenoxy) is 2. The van der Waals surface area contributed by atoms with E-state index in [1.54, 1.807) is 60.1 Å². The van der Waals surface area contributed by atoms with Gasteiger partial charge in [-0.3, -0.25) is 0 Å². The lowest BCUT2D eigenvalue weighted by Gasteiger charge is -2.10. The molecule has 4 aromatic rings. The minimum absolute atomic E-state index is 0.0892. The number of halogens is 4. The molecule has 0 aliphatic heterocycles. The van der Waals surface area contributed by atoms with Crippen LogP contribution in [0.4, 0.5) is 13.2 Å². The van der Waals surface area contributed by atoms with E-state index in [4.69, 9.17) is 16.3 Å². The summed E-state index contributed by atoms with van der Waals surface area (Å²) in [6.07, 6.45) is -4.79. The van der Waals surface area contributed by atoms with E-state index in [0.29, 0.717) is 32.7 Å². The normalized spacial score (nSPS) is 11.5. The van der Waals surface area contributed by atoms with Gasteiger partial charge in [0.05, 0.1) is 17.8 Å². The lowest BCUT2D eigenvalue weighted by Crippen LogP contribution is -2.17. The van der Waals surface area contributed by atoms with Gasteiger partial charge >= 0.3 is 12.3 Å². The van der Waals surface area contributed by atoms with Gasteiger partial charge in [0.2, 0.25) is 0 Å². The maximum absolute atomic E-state index is 12.6. The van der Waals surface area contributed by atoms with Gasteiger partial charge < -0.3 is 9.47 Å². The predicted molar refractivity (Wildman–Crippen MR) is 114 cm³/mol. The summed E-state index contributed by atoms with van der Waals surface area (Å²) in [6.45, 7) is 1.85. The molecule has 0 N–H and O–H groups in total. The molecule has 3 aromatic carbocycles. The number of benzene rings is 3. The highest BCUT2D eigenvalue weighted by atomic mass is 35.5. The van der Waals surface area contributed by atoms with Crippen LogP contribution in [-0.4, -0.2) is 28.7 Å². The second kappa shape index (κ2) is 8.55. The van der Waals surface area contributed by atoms with E-state index in [0.717, 1.165) is 0 Å². The summed E-state index contributed by atoms with van der Waals surface area (Å²) in [5, 5.41) is 5.42. The molecule has 0 atom stereocenters. The van der Waals surface area contributed by atoms with Crippen molar-refractivity contribution in [2.75, 3.05) is 6.61 Å². The van der Waals surface area contributed by atoms with Gasteiger partial charge in [-0.1, -0.05) is 35.9 Å². The molecule has 0 saturated carbocycles. The third kappa shape index (κ3) is 4.55. The lowest BCUT2D eigenvalue weighted by molar-refractivity contribution is -0.274. The fourth-order valence-corrected chi connectivity index (χ4v) is 3.51. The summed E-state index contributed by atoms with van der Waals surface area (Å²) in [6, 6.07) is 17.7. The van der Waals surface area contributed by atoms with E-state index >= 15 is 0 Å². The first kappa shape index (κ1) is 21.7. The summed E-state index contributed by atoms with van der Waals surface area (Å²) in [5.74, 6) is -0.945. The molecule has 9 heteroatoms. The number of esters is 1. The molecule has 0 fully saturated rings. The highest BCUT2D eigenvalue weighted by Gasteiger charge is 2.31. The van der Waals surface area contributed by atoms with Crippen LogP contribution >= 0.6 is 11.6 Å². The Morgan fingerprint density at radius 2 is 1.78 bits per heavy atom. The minimum Gasteiger partial charge on any atom is -0.461 e. The van der Waals surface area contributed by atoms with Crippen molar-refractivity contribution < 1.29 is 27.4 Å². The van der Waals surface area contributed by atoms with Gasteiger partial charge in [0.1, 0.15) is 5.75 Å². The molecule has 1 aromatic heterocycles. The number of rotatable bonds is 5. The molecule has 4 rings (SSSR count). The molecule has 0 spiro atoms. The molecule has 0 aliphatic rings. The van der Waals surface area contributed by atoms with Crippen LogP contribution < -0.4 is 4.74 Å². The molecule has 0 radical (unpaired) electrons. The average molecular weight is 461 g/mol. The second-order valence-electron chi connectivity index (χ2n) is 6.77. The van der Waals surface area contributed by atoms with Crippen LogP contribution in [0, 0.1) is 0 Å². The number of alkyl halides is 3. The van der Waals surface area contributed by atoms with E-state index in [1.165, 1.54) is 18.2 Å². The van der Waals surface area contributed by atoms with E-state index in [1.807, 2.05) is 0 Å². The van der Waals surface area contributed by atoms with Crippen LogP contribution in [0.2, 0.25) is 5.02 Å².